The van der Waals surface area contributed by atoms with Crippen LogP contribution in [0.3, 0.4) is 0 Å². The van der Waals surface area contributed by atoms with Crippen molar-refractivity contribution in [3.05, 3.63) is 71.3 Å². The summed E-state index contributed by atoms with van der Waals surface area (Å²) in [5.74, 6) is -1.07. The molecule has 0 N–H and O–H groups in total. The van der Waals surface area contributed by atoms with Gasteiger partial charge in [-0.05, 0) is 43.9 Å². The number of benzene rings is 2. The van der Waals surface area contributed by atoms with Crippen LogP contribution in [0.25, 0.3) is 5.70 Å². The van der Waals surface area contributed by atoms with Crippen LogP contribution >= 0.6 is 0 Å². The molecule has 1 aliphatic heterocycles. The Balaban J connectivity index is 2.00. The van der Waals surface area contributed by atoms with E-state index in [0.717, 1.165) is 5.56 Å². The van der Waals surface area contributed by atoms with Crippen molar-refractivity contribution in [2.75, 3.05) is 0 Å². The van der Waals surface area contributed by atoms with E-state index in [-0.39, 0.29) is 41.2 Å². The number of Topliss-reactive ketones (excluding diaryl/α,β-unsaturated/α-hetero) is 1. The standard InChI is InChI=1S/C23H21NO5S/c1-16-9-11-19(12-10-16)30(28,29)24-21(17-6-3-2-4-7-17)18(15-25)14-23(22(24)27)13-5-8-20(23)26/h2-4,6-7,9-12,15H,5,8,13-14H2,1H3/t23-/m1/s1. The van der Waals surface area contributed by atoms with E-state index in [0.29, 0.717) is 22.6 Å². The second kappa shape index (κ2) is 7.32. The summed E-state index contributed by atoms with van der Waals surface area (Å²) in [6, 6.07) is 14.6. The van der Waals surface area contributed by atoms with E-state index >= 15 is 0 Å². The average Bonchev–Trinajstić information content (AvgIpc) is 3.11. The van der Waals surface area contributed by atoms with Gasteiger partial charge in [-0.15, -0.1) is 0 Å². The van der Waals surface area contributed by atoms with Gasteiger partial charge < -0.3 is 0 Å². The topological polar surface area (TPSA) is 88.6 Å². The Hall–Kier alpha value is -3.06. The van der Waals surface area contributed by atoms with E-state index in [1.165, 1.54) is 12.1 Å². The van der Waals surface area contributed by atoms with Crippen LogP contribution in [0.5, 0.6) is 0 Å². The highest BCUT2D eigenvalue weighted by atomic mass is 32.2. The van der Waals surface area contributed by atoms with Crippen LogP contribution in [0.2, 0.25) is 0 Å². The molecule has 2 aliphatic rings. The molecule has 1 spiro atoms. The number of ketones is 1. The lowest BCUT2D eigenvalue weighted by Gasteiger charge is -2.39. The summed E-state index contributed by atoms with van der Waals surface area (Å²) in [6.07, 6.45) is 1.44. The van der Waals surface area contributed by atoms with Crippen molar-refractivity contribution in [2.45, 2.75) is 37.5 Å². The minimum atomic E-state index is -4.34. The Morgan fingerprint density at radius 3 is 2.23 bits per heavy atom. The van der Waals surface area contributed by atoms with Crippen molar-refractivity contribution in [1.29, 1.82) is 0 Å². The van der Waals surface area contributed by atoms with E-state index in [4.69, 9.17) is 0 Å². The van der Waals surface area contributed by atoms with Crippen molar-refractivity contribution >= 4 is 33.7 Å². The van der Waals surface area contributed by atoms with E-state index in [9.17, 15) is 22.8 Å². The van der Waals surface area contributed by atoms with Gasteiger partial charge in [0.1, 0.15) is 17.5 Å². The SMILES string of the molecule is Cc1ccc(S(=O)(=O)N2C(=O)[C@]3(CCCC3=O)CC(C=O)=C2c2ccccc2)cc1. The Morgan fingerprint density at radius 1 is 1.00 bits per heavy atom. The molecule has 1 fully saturated rings. The zero-order valence-corrected chi connectivity index (χ0v) is 17.3. The summed E-state index contributed by atoms with van der Waals surface area (Å²) >= 11 is 0. The highest BCUT2D eigenvalue weighted by Gasteiger charge is 2.57. The third kappa shape index (κ3) is 3.01. The van der Waals surface area contributed by atoms with E-state index in [2.05, 4.69) is 0 Å². The first-order valence-electron chi connectivity index (χ1n) is 9.75. The van der Waals surface area contributed by atoms with Gasteiger partial charge in [0.05, 0.1) is 10.6 Å². The molecule has 7 heteroatoms. The third-order valence-corrected chi connectivity index (χ3v) is 7.58. The van der Waals surface area contributed by atoms with Gasteiger partial charge in [-0.2, -0.15) is 0 Å². The quantitative estimate of drug-likeness (QED) is 0.556. The highest BCUT2D eigenvalue weighted by Crippen LogP contribution is 2.49. The lowest BCUT2D eigenvalue weighted by atomic mass is 9.75. The summed E-state index contributed by atoms with van der Waals surface area (Å²) in [6.45, 7) is 1.83. The number of hydrogen-bond acceptors (Lipinski definition) is 5. The largest absolute Gasteiger partial charge is 0.298 e. The predicted molar refractivity (Wildman–Crippen MR) is 111 cm³/mol. The van der Waals surface area contributed by atoms with Crippen molar-refractivity contribution in [1.82, 2.24) is 4.31 Å². The molecule has 0 bridgehead atoms. The zero-order valence-electron chi connectivity index (χ0n) is 16.5. The number of allylic oxidation sites excluding steroid dienone is 1. The van der Waals surface area contributed by atoms with Crippen molar-refractivity contribution < 1.29 is 22.8 Å². The van der Waals surface area contributed by atoms with Crippen LogP contribution in [0.4, 0.5) is 0 Å². The number of hydrogen-bond donors (Lipinski definition) is 0. The van der Waals surface area contributed by atoms with Crippen LogP contribution in [-0.2, 0) is 24.4 Å². The zero-order chi connectivity index (χ0) is 21.5. The summed E-state index contributed by atoms with van der Waals surface area (Å²) in [7, 11) is -4.34. The molecule has 0 unspecified atom stereocenters. The van der Waals surface area contributed by atoms with Crippen LogP contribution in [0, 0.1) is 12.3 Å². The first-order chi connectivity index (χ1) is 14.3. The molecular weight excluding hydrogens is 402 g/mol. The number of amides is 1. The number of sulfonamides is 1. The normalized spacial score (nSPS) is 22.1. The number of aldehydes is 1. The molecule has 0 saturated heterocycles. The summed E-state index contributed by atoms with van der Waals surface area (Å²) in [5.41, 5.74) is -0.0160. The molecule has 0 radical (unpaired) electrons. The van der Waals surface area contributed by atoms with Gasteiger partial charge in [0.25, 0.3) is 15.9 Å². The fourth-order valence-corrected chi connectivity index (χ4v) is 5.84. The van der Waals surface area contributed by atoms with E-state index < -0.39 is 21.3 Å². The number of carbonyl (C=O) groups excluding carboxylic acids is 3. The van der Waals surface area contributed by atoms with E-state index in [1.807, 2.05) is 6.92 Å². The number of rotatable bonds is 4. The average molecular weight is 423 g/mol. The van der Waals surface area contributed by atoms with Gasteiger partial charge in [0.2, 0.25) is 0 Å². The van der Waals surface area contributed by atoms with Gasteiger partial charge in [0.15, 0.2) is 0 Å². The summed E-state index contributed by atoms with van der Waals surface area (Å²) in [5, 5.41) is 0. The Kier molecular flexibility index (Phi) is 4.94. The Bertz CT molecular complexity index is 1170. The van der Waals surface area contributed by atoms with Crippen molar-refractivity contribution in [3.8, 4) is 0 Å². The molecule has 1 heterocycles. The van der Waals surface area contributed by atoms with Gasteiger partial charge in [-0.3, -0.25) is 14.4 Å². The second-order valence-electron chi connectivity index (χ2n) is 7.78. The lowest BCUT2D eigenvalue weighted by Crippen LogP contribution is -2.51. The Labute approximate surface area is 175 Å². The number of nitrogens with zero attached hydrogens (tertiary/aromatic N) is 1. The molecular formula is C23H21NO5S. The molecule has 1 amide bonds. The molecule has 30 heavy (non-hydrogen) atoms. The molecule has 4 rings (SSSR count). The highest BCUT2D eigenvalue weighted by molar-refractivity contribution is 7.90. The monoisotopic (exact) mass is 423 g/mol. The molecule has 154 valence electrons. The van der Waals surface area contributed by atoms with Crippen LogP contribution in [0.15, 0.2) is 65.1 Å². The molecule has 1 aliphatic carbocycles. The minimum Gasteiger partial charge on any atom is -0.298 e. The maximum absolute atomic E-state index is 13.7. The molecule has 0 aromatic heterocycles. The smallest absolute Gasteiger partial charge is 0.270 e. The molecule has 1 atom stereocenters. The minimum absolute atomic E-state index is 0.0292. The second-order valence-corrected chi connectivity index (χ2v) is 9.57. The van der Waals surface area contributed by atoms with Gasteiger partial charge in [-0.25, -0.2) is 12.7 Å². The predicted octanol–water partition coefficient (Wildman–Crippen LogP) is 3.27. The number of carbonyl (C=O) groups is 3. The first kappa shape index (κ1) is 20.2. The lowest BCUT2D eigenvalue weighted by molar-refractivity contribution is -0.143. The number of aryl methyl sites for hydroxylation is 1. The fourth-order valence-electron chi connectivity index (χ4n) is 4.29. The van der Waals surface area contributed by atoms with Crippen LogP contribution in [0.1, 0.15) is 36.8 Å². The first-order valence-corrected chi connectivity index (χ1v) is 11.2. The van der Waals surface area contributed by atoms with Gasteiger partial charge >= 0.3 is 0 Å². The van der Waals surface area contributed by atoms with Crippen molar-refractivity contribution in [3.63, 3.8) is 0 Å². The maximum atomic E-state index is 13.7. The molecule has 6 nitrogen and oxygen atoms in total. The van der Waals surface area contributed by atoms with Crippen LogP contribution < -0.4 is 0 Å². The van der Waals surface area contributed by atoms with Crippen molar-refractivity contribution in [2.24, 2.45) is 5.41 Å². The summed E-state index contributed by atoms with van der Waals surface area (Å²) < 4.78 is 28.0. The van der Waals surface area contributed by atoms with Gasteiger partial charge in [-0.1, -0.05) is 48.0 Å². The third-order valence-electron chi connectivity index (χ3n) is 5.88. The molecule has 1 saturated carbocycles. The maximum Gasteiger partial charge on any atom is 0.270 e. The van der Waals surface area contributed by atoms with Gasteiger partial charge in [0, 0.05) is 12.0 Å². The van der Waals surface area contributed by atoms with E-state index in [1.54, 1.807) is 42.5 Å². The fraction of sp³-hybridized carbons (Fsp3) is 0.261. The summed E-state index contributed by atoms with van der Waals surface area (Å²) in [4.78, 5) is 38.4. The van der Waals surface area contributed by atoms with Crippen LogP contribution in [-0.4, -0.2) is 30.7 Å². The molecule has 2 aromatic carbocycles. The Morgan fingerprint density at radius 2 is 1.67 bits per heavy atom. The molecule has 2 aromatic rings.